The van der Waals surface area contributed by atoms with E-state index in [-0.39, 0.29) is 18.7 Å². The van der Waals surface area contributed by atoms with Gasteiger partial charge in [0.05, 0.1) is 13.7 Å². The summed E-state index contributed by atoms with van der Waals surface area (Å²) in [5, 5.41) is 3.77. The Labute approximate surface area is 158 Å². The van der Waals surface area contributed by atoms with Crippen LogP contribution in [0.4, 0.5) is 4.79 Å². The fraction of sp³-hybridized carbons (Fsp3) is 0.368. The molecule has 0 saturated heterocycles. The van der Waals surface area contributed by atoms with Gasteiger partial charge in [-0.2, -0.15) is 5.10 Å². The van der Waals surface area contributed by atoms with Crippen LogP contribution in [0.25, 0.3) is 0 Å². The van der Waals surface area contributed by atoms with E-state index in [0.29, 0.717) is 19.4 Å². The Kier molecular flexibility index (Phi) is 10.6. The summed E-state index contributed by atoms with van der Waals surface area (Å²) < 4.78 is 14.4. The number of carbonyl (C=O) groups excluding carboxylic acids is 3. The standard InChI is InChI=1S/C19H24N2O6/c1-3-26-17(22)13-9-5-8-12-16(18(23)25-2)20-21-19(24)27-14-15-10-6-4-7-11-15/h4,6-7,9-11,13H,3,5,8,12,14H2,1-2H3,(H,21,24)/b13-9+,20-16?. The van der Waals surface area contributed by atoms with Crippen LogP contribution in [0.3, 0.4) is 0 Å². The number of esters is 2. The van der Waals surface area contributed by atoms with Crippen LogP contribution in [0.1, 0.15) is 31.7 Å². The number of methoxy groups -OCH3 is 1. The van der Waals surface area contributed by atoms with Crippen LogP contribution in [0.5, 0.6) is 0 Å². The molecule has 0 aliphatic carbocycles. The van der Waals surface area contributed by atoms with E-state index in [0.717, 1.165) is 5.56 Å². The molecule has 146 valence electrons. The van der Waals surface area contributed by atoms with Crippen molar-refractivity contribution >= 4 is 23.7 Å². The topological polar surface area (TPSA) is 103 Å². The lowest BCUT2D eigenvalue weighted by Gasteiger charge is -2.06. The van der Waals surface area contributed by atoms with Gasteiger partial charge in [-0.3, -0.25) is 0 Å². The molecule has 27 heavy (non-hydrogen) atoms. The van der Waals surface area contributed by atoms with Crippen LogP contribution in [0, 0.1) is 0 Å². The van der Waals surface area contributed by atoms with E-state index in [1.54, 1.807) is 13.0 Å². The van der Waals surface area contributed by atoms with E-state index < -0.39 is 18.0 Å². The largest absolute Gasteiger partial charge is 0.464 e. The maximum Gasteiger partial charge on any atom is 0.428 e. The first kappa shape index (κ1) is 21.9. The second-order valence-electron chi connectivity index (χ2n) is 5.27. The number of rotatable bonds is 10. The van der Waals surface area contributed by atoms with Gasteiger partial charge in [-0.05, 0) is 31.7 Å². The summed E-state index contributed by atoms with van der Waals surface area (Å²) in [6, 6.07) is 9.17. The Morgan fingerprint density at radius 1 is 1.15 bits per heavy atom. The molecule has 0 heterocycles. The highest BCUT2D eigenvalue weighted by Gasteiger charge is 2.12. The summed E-state index contributed by atoms with van der Waals surface area (Å²) in [4.78, 5) is 34.6. The number of hydrogen-bond acceptors (Lipinski definition) is 7. The molecule has 0 aromatic heterocycles. The van der Waals surface area contributed by atoms with Crippen molar-refractivity contribution in [2.75, 3.05) is 13.7 Å². The normalized spacial score (nSPS) is 11.1. The van der Waals surface area contributed by atoms with Gasteiger partial charge in [-0.1, -0.05) is 36.4 Å². The Morgan fingerprint density at radius 3 is 2.56 bits per heavy atom. The van der Waals surface area contributed by atoms with Crippen molar-refractivity contribution < 1.29 is 28.6 Å². The maximum atomic E-state index is 11.7. The first-order valence-corrected chi connectivity index (χ1v) is 8.51. The molecular weight excluding hydrogens is 352 g/mol. The lowest BCUT2D eigenvalue weighted by molar-refractivity contribution is -0.137. The monoisotopic (exact) mass is 376 g/mol. The summed E-state index contributed by atoms with van der Waals surface area (Å²) in [5.74, 6) is -1.06. The number of hydrogen-bond donors (Lipinski definition) is 1. The van der Waals surface area contributed by atoms with Gasteiger partial charge in [-0.15, -0.1) is 0 Å². The van der Waals surface area contributed by atoms with Crippen molar-refractivity contribution in [2.45, 2.75) is 32.8 Å². The summed E-state index contributed by atoms with van der Waals surface area (Å²) in [6.45, 7) is 2.13. The smallest absolute Gasteiger partial charge is 0.428 e. The highest BCUT2D eigenvalue weighted by molar-refractivity contribution is 6.36. The molecule has 8 heteroatoms. The van der Waals surface area contributed by atoms with Crippen LogP contribution in [0.15, 0.2) is 47.6 Å². The first-order chi connectivity index (χ1) is 13.1. The van der Waals surface area contributed by atoms with E-state index in [1.165, 1.54) is 13.2 Å². The number of amides is 1. The van der Waals surface area contributed by atoms with Crippen molar-refractivity contribution in [3.05, 3.63) is 48.0 Å². The SMILES string of the molecule is CCOC(=O)/C=C/CCCC(=NNC(=O)OCc1ccccc1)C(=O)OC. The first-order valence-electron chi connectivity index (χ1n) is 8.51. The molecule has 1 N–H and O–H groups in total. The molecule has 0 fully saturated rings. The van der Waals surface area contributed by atoms with Gasteiger partial charge in [0, 0.05) is 6.08 Å². The molecule has 0 bridgehead atoms. The van der Waals surface area contributed by atoms with Gasteiger partial charge in [-0.25, -0.2) is 19.8 Å². The molecule has 0 atom stereocenters. The molecule has 0 aliphatic rings. The summed E-state index contributed by atoms with van der Waals surface area (Å²) in [7, 11) is 1.23. The number of unbranched alkanes of at least 4 members (excludes halogenated alkanes) is 1. The molecule has 1 aromatic rings. The van der Waals surface area contributed by atoms with Gasteiger partial charge in [0.25, 0.3) is 0 Å². The predicted octanol–water partition coefficient (Wildman–Crippen LogP) is 2.73. The molecule has 0 saturated carbocycles. The number of benzene rings is 1. The molecule has 0 spiro atoms. The van der Waals surface area contributed by atoms with Crippen molar-refractivity contribution in [2.24, 2.45) is 5.10 Å². The zero-order chi connectivity index (χ0) is 19.9. The zero-order valence-electron chi connectivity index (χ0n) is 15.5. The third-order valence-electron chi connectivity index (χ3n) is 3.24. The van der Waals surface area contributed by atoms with Crippen LogP contribution in [-0.2, 0) is 30.4 Å². The van der Waals surface area contributed by atoms with E-state index in [9.17, 15) is 14.4 Å². The van der Waals surface area contributed by atoms with Gasteiger partial charge in [0.15, 0.2) is 0 Å². The molecule has 0 aliphatic heterocycles. The number of ether oxygens (including phenoxy) is 3. The summed E-state index contributed by atoms with van der Waals surface area (Å²) in [5.41, 5.74) is 3.06. The van der Waals surface area contributed by atoms with Crippen LogP contribution < -0.4 is 5.43 Å². The number of nitrogens with one attached hydrogen (secondary N) is 1. The Bertz CT molecular complexity index is 670. The van der Waals surface area contributed by atoms with E-state index in [2.05, 4.69) is 15.3 Å². The van der Waals surface area contributed by atoms with Crippen LogP contribution in [-0.4, -0.2) is 37.5 Å². The number of nitrogens with zero attached hydrogens (tertiary/aromatic N) is 1. The minimum absolute atomic E-state index is 0.0543. The third-order valence-corrected chi connectivity index (χ3v) is 3.24. The molecular formula is C19H24N2O6. The quantitative estimate of drug-likeness (QED) is 0.168. The molecule has 1 rings (SSSR count). The Hall–Kier alpha value is -3.16. The van der Waals surface area contributed by atoms with Crippen molar-refractivity contribution in [1.29, 1.82) is 0 Å². The molecule has 8 nitrogen and oxygen atoms in total. The lowest BCUT2D eigenvalue weighted by atomic mass is 10.1. The predicted molar refractivity (Wildman–Crippen MR) is 98.8 cm³/mol. The number of hydrazone groups is 1. The average Bonchev–Trinajstić information content (AvgIpc) is 2.68. The van der Waals surface area contributed by atoms with Gasteiger partial charge < -0.3 is 14.2 Å². The highest BCUT2D eigenvalue weighted by Crippen LogP contribution is 2.03. The highest BCUT2D eigenvalue weighted by atomic mass is 16.6. The van der Waals surface area contributed by atoms with Gasteiger partial charge in [0.1, 0.15) is 12.3 Å². The second-order valence-corrected chi connectivity index (χ2v) is 5.27. The van der Waals surface area contributed by atoms with Gasteiger partial charge >= 0.3 is 18.0 Å². The van der Waals surface area contributed by atoms with E-state index >= 15 is 0 Å². The Morgan fingerprint density at radius 2 is 1.89 bits per heavy atom. The number of carbonyl (C=O) groups is 3. The van der Waals surface area contributed by atoms with E-state index in [1.807, 2.05) is 30.3 Å². The fourth-order valence-corrected chi connectivity index (χ4v) is 1.95. The average molecular weight is 376 g/mol. The van der Waals surface area contributed by atoms with Crippen LogP contribution in [0.2, 0.25) is 0 Å². The van der Waals surface area contributed by atoms with Crippen molar-refractivity contribution in [3.63, 3.8) is 0 Å². The number of allylic oxidation sites excluding steroid dienone is 1. The van der Waals surface area contributed by atoms with Crippen molar-refractivity contribution in [1.82, 2.24) is 5.43 Å². The third kappa shape index (κ3) is 9.78. The molecule has 1 aromatic carbocycles. The maximum absolute atomic E-state index is 11.7. The molecule has 0 radical (unpaired) electrons. The lowest BCUT2D eigenvalue weighted by Crippen LogP contribution is -2.24. The molecule has 0 unspecified atom stereocenters. The van der Waals surface area contributed by atoms with Crippen LogP contribution >= 0.6 is 0 Å². The fourth-order valence-electron chi connectivity index (χ4n) is 1.95. The van der Waals surface area contributed by atoms with Gasteiger partial charge in [0.2, 0.25) is 0 Å². The van der Waals surface area contributed by atoms with Crippen molar-refractivity contribution in [3.8, 4) is 0 Å². The summed E-state index contributed by atoms with van der Waals surface area (Å²) in [6.07, 6.45) is 3.53. The second kappa shape index (κ2) is 13.1. The minimum atomic E-state index is -0.775. The van der Waals surface area contributed by atoms with E-state index in [4.69, 9.17) is 9.47 Å². The zero-order valence-corrected chi connectivity index (χ0v) is 15.5. The summed E-state index contributed by atoms with van der Waals surface area (Å²) >= 11 is 0. The minimum Gasteiger partial charge on any atom is -0.464 e. The molecule has 1 amide bonds. The Balaban J connectivity index is 2.44.